The highest BCUT2D eigenvalue weighted by atomic mass is 32.2. The normalized spacial score (nSPS) is 9.69. The maximum atomic E-state index is 10.5. The summed E-state index contributed by atoms with van der Waals surface area (Å²) in [6, 6.07) is 4.81. The molecular weight excluding hydrogens is 190 g/mol. The van der Waals surface area contributed by atoms with Gasteiger partial charge in [0.2, 0.25) is 0 Å². The molecule has 13 heavy (non-hydrogen) atoms. The largest absolute Gasteiger partial charge is 0.317 e. The molecule has 0 aliphatic rings. The summed E-state index contributed by atoms with van der Waals surface area (Å²) >= 11 is 1.40. The van der Waals surface area contributed by atoms with E-state index in [1.807, 2.05) is 6.26 Å². The van der Waals surface area contributed by atoms with Crippen LogP contribution in [0.5, 0.6) is 0 Å². The van der Waals surface area contributed by atoms with Gasteiger partial charge in [0.05, 0.1) is 4.92 Å². The van der Waals surface area contributed by atoms with Crippen molar-refractivity contribution in [3.8, 4) is 0 Å². The predicted octanol–water partition coefficient (Wildman–Crippen LogP) is 1.60. The molecule has 0 saturated heterocycles. The number of para-hydroxylation sites is 1. The number of nitrogens with zero attached hydrogens (tertiary/aromatic N) is 1. The van der Waals surface area contributed by atoms with Crippen molar-refractivity contribution in [3.63, 3.8) is 0 Å². The van der Waals surface area contributed by atoms with Crippen LogP contribution in [0.1, 0.15) is 0 Å². The van der Waals surface area contributed by atoms with Crippen molar-refractivity contribution in [1.29, 1.82) is 0 Å². The first-order valence-electron chi connectivity index (χ1n) is 3.48. The van der Waals surface area contributed by atoms with Crippen LogP contribution in [0.2, 0.25) is 0 Å². The van der Waals surface area contributed by atoms with Gasteiger partial charge in [0.1, 0.15) is 5.69 Å². The smallest absolute Gasteiger partial charge is 0.294 e. The van der Waals surface area contributed by atoms with Crippen LogP contribution in [-0.4, -0.2) is 11.2 Å². The Bertz CT molecular complexity index is 330. The van der Waals surface area contributed by atoms with Gasteiger partial charge in [0, 0.05) is 11.0 Å². The van der Waals surface area contributed by atoms with Gasteiger partial charge in [-0.25, -0.2) is 0 Å². The molecule has 1 aromatic rings. The van der Waals surface area contributed by atoms with E-state index in [9.17, 15) is 10.1 Å². The number of rotatable bonds is 3. The summed E-state index contributed by atoms with van der Waals surface area (Å²) in [5, 5.41) is 10.5. The Morgan fingerprint density at radius 3 is 2.77 bits per heavy atom. The SMILES string of the molecule is CSc1cccc([N+](=O)[O-])c1NN. The molecule has 0 bridgehead atoms. The summed E-state index contributed by atoms with van der Waals surface area (Å²) in [5.41, 5.74) is 2.69. The van der Waals surface area contributed by atoms with Gasteiger partial charge in [0.25, 0.3) is 5.69 Å². The van der Waals surface area contributed by atoms with Gasteiger partial charge in [0.15, 0.2) is 0 Å². The number of thioether (sulfide) groups is 1. The highest BCUT2D eigenvalue weighted by Gasteiger charge is 2.15. The average Bonchev–Trinajstić information content (AvgIpc) is 2.16. The van der Waals surface area contributed by atoms with Gasteiger partial charge in [-0.15, -0.1) is 11.8 Å². The summed E-state index contributed by atoms with van der Waals surface area (Å²) in [6.45, 7) is 0. The van der Waals surface area contributed by atoms with E-state index in [2.05, 4.69) is 5.43 Å². The minimum Gasteiger partial charge on any atom is -0.317 e. The monoisotopic (exact) mass is 199 g/mol. The number of hydrogen-bond acceptors (Lipinski definition) is 5. The fraction of sp³-hybridized carbons (Fsp3) is 0.143. The maximum Gasteiger partial charge on any atom is 0.294 e. The molecule has 0 fully saturated rings. The number of hydrogen-bond donors (Lipinski definition) is 2. The Morgan fingerprint density at radius 1 is 1.62 bits per heavy atom. The summed E-state index contributed by atoms with van der Waals surface area (Å²) < 4.78 is 0. The van der Waals surface area contributed by atoms with Crippen molar-refractivity contribution in [2.75, 3.05) is 11.7 Å². The molecule has 6 heteroatoms. The van der Waals surface area contributed by atoms with Gasteiger partial charge in [-0.2, -0.15) is 0 Å². The third kappa shape index (κ3) is 1.90. The van der Waals surface area contributed by atoms with E-state index in [0.717, 1.165) is 4.90 Å². The third-order valence-electron chi connectivity index (χ3n) is 1.57. The predicted molar refractivity (Wildman–Crippen MR) is 52.7 cm³/mol. The van der Waals surface area contributed by atoms with Gasteiger partial charge in [-0.05, 0) is 12.3 Å². The Hall–Kier alpha value is -1.27. The molecular formula is C7H9N3O2S. The summed E-state index contributed by atoms with van der Waals surface area (Å²) in [7, 11) is 0. The number of nitro groups is 1. The van der Waals surface area contributed by atoms with Gasteiger partial charge in [-0.3, -0.25) is 16.0 Å². The van der Waals surface area contributed by atoms with Crippen molar-refractivity contribution in [3.05, 3.63) is 28.3 Å². The highest BCUT2D eigenvalue weighted by Crippen LogP contribution is 2.32. The number of nitrogen functional groups attached to an aromatic ring is 1. The molecule has 0 aliphatic heterocycles. The zero-order chi connectivity index (χ0) is 9.84. The standard InChI is InChI=1S/C7H9N3O2S/c1-13-6-4-2-3-5(10(11)12)7(6)9-8/h2-4,9H,8H2,1H3. The van der Waals surface area contributed by atoms with E-state index in [1.165, 1.54) is 17.8 Å². The van der Waals surface area contributed by atoms with E-state index in [-0.39, 0.29) is 5.69 Å². The lowest BCUT2D eigenvalue weighted by Gasteiger charge is -2.05. The van der Waals surface area contributed by atoms with Crippen molar-refractivity contribution < 1.29 is 4.92 Å². The highest BCUT2D eigenvalue weighted by molar-refractivity contribution is 7.98. The molecule has 0 aliphatic carbocycles. The second-order valence-corrected chi connectivity index (χ2v) is 3.10. The molecule has 1 aromatic carbocycles. The van der Waals surface area contributed by atoms with Crippen LogP contribution in [0, 0.1) is 10.1 Å². The topological polar surface area (TPSA) is 81.2 Å². The summed E-state index contributed by atoms with van der Waals surface area (Å²) in [5.74, 6) is 5.20. The number of benzene rings is 1. The van der Waals surface area contributed by atoms with E-state index < -0.39 is 4.92 Å². The Kier molecular flexibility index (Phi) is 3.10. The maximum absolute atomic E-state index is 10.5. The molecule has 0 unspecified atom stereocenters. The van der Waals surface area contributed by atoms with Crippen molar-refractivity contribution in [2.24, 2.45) is 5.84 Å². The lowest BCUT2D eigenvalue weighted by atomic mass is 10.3. The summed E-state index contributed by atoms with van der Waals surface area (Å²) in [6.07, 6.45) is 1.83. The van der Waals surface area contributed by atoms with Crippen molar-refractivity contribution in [2.45, 2.75) is 4.90 Å². The molecule has 0 amide bonds. The first-order chi connectivity index (χ1) is 6.20. The third-order valence-corrected chi connectivity index (χ3v) is 2.35. The lowest BCUT2D eigenvalue weighted by Crippen LogP contribution is -2.10. The van der Waals surface area contributed by atoms with Crippen molar-refractivity contribution >= 4 is 23.1 Å². The van der Waals surface area contributed by atoms with Gasteiger partial charge in [-0.1, -0.05) is 6.07 Å². The molecule has 3 N–H and O–H groups in total. The van der Waals surface area contributed by atoms with E-state index in [4.69, 9.17) is 5.84 Å². The number of hydrazine groups is 1. The minimum absolute atomic E-state index is 0.00523. The van der Waals surface area contributed by atoms with Crippen LogP contribution in [0.3, 0.4) is 0 Å². The molecule has 5 nitrogen and oxygen atoms in total. The van der Waals surface area contributed by atoms with Crippen LogP contribution in [0.4, 0.5) is 11.4 Å². The Balaban J connectivity index is 3.27. The first kappa shape index (κ1) is 9.82. The van der Waals surface area contributed by atoms with E-state index in [0.29, 0.717) is 5.69 Å². The van der Waals surface area contributed by atoms with Crippen LogP contribution in [0.25, 0.3) is 0 Å². The average molecular weight is 199 g/mol. The number of anilines is 1. The molecule has 0 spiro atoms. The Labute approximate surface area is 79.4 Å². The molecule has 0 heterocycles. The summed E-state index contributed by atoms with van der Waals surface area (Å²) in [4.78, 5) is 10.8. The lowest BCUT2D eigenvalue weighted by molar-refractivity contribution is -0.384. The van der Waals surface area contributed by atoms with Crippen LogP contribution < -0.4 is 11.3 Å². The Morgan fingerprint density at radius 2 is 2.31 bits per heavy atom. The molecule has 0 radical (unpaired) electrons. The van der Waals surface area contributed by atoms with Crippen molar-refractivity contribution in [1.82, 2.24) is 0 Å². The molecule has 0 aromatic heterocycles. The molecule has 1 rings (SSSR count). The van der Waals surface area contributed by atoms with Gasteiger partial charge >= 0.3 is 0 Å². The second kappa shape index (κ2) is 4.11. The van der Waals surface area contributed by atoms with E-state index in [1.54, 1.807) is 12.1 Å². The zero-order valence-electron chi connectivity index (χ0n) is 6.98. The number of nitrogens with one attached hydrogen (secondary N) is 1. The number of nitro benzene ring substituents is 1. The van der Waals surface area contributed by atoms with Gasteiger partial charge < -0.3 is 5.43 Å². The number of nitrogens with two attached hydrogens (primary N) is 1. The molecule has 0 atom stereocenters. The van der Waals surface area contributed by atoms with Crippen LogP contribution in [0.15, 0.2) is 23.1 Å². The fourth-order valence-electron chi connectivity index (χ4n) is 0.987. The molecule has 0 saturated carbocycles. The quantitative estimate of drug-likeness (QED) is 0.334. The fourth-order valence-corrected chi connectivity index (χ4v) is 1.57. The van der Waals surface area contributed by atoms with Crippen LogP contribution >= 0.6 is 11.8 Å². The first-order valence-corrected chi connectivity index (χ1v) is 4.71. The minimum atomic E-state index is -0.463. The zero-order valence-corrected chi connectivity index (χ0v) is 7.80. The van der Waals surface area contributed by atoms with E-state index >= 15 is 0 Å². The molecule has 70 valence electrons. The van der Waals surface area contributed by atoms with Crippen LogP contribution in [-0.2, 0) is 0 Å². The second-order valence-electron chi connectivity index (χ2n) is 2.26.